The van der Waals surface area contributed by atoms with Crippen LogP contribution in [0.25, 0.3) is 0 Å². The second-order valence-corrected chi connectivity index (χ2v) is 3.89. The van der Waals surface area contributed by atoms with Gasteiger partial charge in [-0.2, -0.15) is 0 Å². The average molecular weight is 229 g/mol. The van der Waals surface area contributed by atoms with E-state index < -0.39 is 11.3 Å². The molecular formula is C11H13ClO3. The number of carbonyl (C=O) groups is 1. The Bertz CT molecular complexity index is 363. The summed E-state index contributed by atoms with van der Waals surface area (Å²) in [7, 11) is 0. The second-order valence-electron chi connectivity index (χ2n) is 3.36. The Morgan fingerprint density at radius 3 is 2.67 bits per heavy atom. The van der Waals surface area contributed by atoms with Crippen molar-refractivity contribution >= 4 is 17.6 Å². The number of carboxylic acid groups (broad SMARTS) is 1. The molecule has 0 spiro atoms. The quantitative estimate of drug-likeness (QED) is 0.805. The number of ether oxygens (including phenoxy) is 1. The van der Waals surface area contributed by atoms with Crippen LogP contribution in [0.4, 0.5) is 0 Å². The van der Waals surface area contributed by atoms with Crippen molar-refractivity contribution in [2.24, 2.45) is 0 Å². The molecule has 0 aliphatic carbocycles. The minimum Gasteiger partial charge on any atom is -0.491 e. The van der Waals surface area contributed by atoms with Gasteiger partial charge in [0.25, 0.3) is 0 Å². The van der Waals surface area contributed by atoms with Crippen LogP contribution in [0.3, 0.4) is 0 Å². The van der Waals surface area contributed by atoms with E-state index in [1.807, 2.05) is 26.0 Å². The maximum absolute atomic E-state index is 10.4. The highest BCUT2D eigenvalue weighted by Crippen LogP contribution is 2.16. The van der Waals surface area contributed by atoms with Crippen LogP contribution in [0, 0.1) is 13.8 Å². The van der Waals surface area contributed by atoms with Gasteiger partial charge in [-0.15, -0.1) is 11.6 Å². The van der Waals surface area contributed by atoms with E-state index >= 15 is 0 Å². The van der Waals surface area contributed by atoms with Gasteiger partial charge in [0.2, 0.25) is 0 Å². The zero-order valence-corrected chi connectivity index (χ0v) is 9.41. The van der Waals surface area contributed by atoms with E-state index in [2.05, 4.69) is 0 Å². The highest BCUT2D eigenvalue weighted by molar-refractivity contribution is 6.29. The average Bonchev–Trinajstić information content (AvgIpc) is 2.19. The third-order valence-corrected chi connectivity index (χ3v) is 2.46. The van der Waals surface area contributed by atoms with E-state index in [1.54, 1.807) is 6.07 Å². The van der Waals surface area contributed by atoms with E-state index in [9.17, 15) is 4.79 Å². The molecule has 15 heavy (non-hydrogen) atoms. The molecule has 0 aliphatic heterocycles. The third-order valence-electron chi connectivity index (χ3n) is 2.14. The Morgan fingerprint density at radius 2 is 2.13 bits per heavy atom. The van der Waals surface area contributed by atoms with Crippen molar-refractivity contribution < 1.29 is 14.6 Å². The fraction of sp³-hybridized carbons (Fsp3) is 0.364. The summed E-state index contributed by atoms with van der Waals surface area (Å²) in [5.74, 6) is -0.425. The van der Waals surface area contributed by atoms with E-state index in [-0.39, 0.29) is 6.61 Å². The topological polar surface area (TPSA) is 46.5 Å². The molecule has 0 aromatic heterocycles. The zero-order valence-electron chi connectivity index (χ0n) is 8.66. The molecule has 0 amide bonds. The summed E-state index contributed by atoms with van der Waals surface area (Å²) in [6.45, 7) is 3.94. The van der Waals surface area contributed by atoms with Crippen LogP contribution in [0.5, 0.6) is 5.75 Å². The molecule has 82 valence electrons. The zero-order chi connectivity index (χ0) is 11.4. The number of carboxylic acids is 1. The van der Waals surface area contributed by atoms with Crippen molar-refractivity contribution in [3.8, 4) is 5.75 Å². The van der Waals surface area contributed by atoms with Gasteiger partial charge in [0, 0.05) is 0 Å². The van der Waals surface area contributed by atoms with Gasteiger partial charge in [-0.05, 0) is 37.1 Å². The molecule has 1 aromatic rings. The predicted molar refractivity (Wildman–Crippen MR) is 58.7 cm³/mol. The molecule has 0 radical (unpaired) electrons. The summed E-state index contributed by atoms with van der Waals surface area (Å²) in [5.41, 5.74) is 2.27. The minimum absolute atomic E-state index is 0.0284. The Kier molecular flexibility index (Phi) is 3.97. The van der Waals surface area contributed by atoms with E-state index in [0.29, 0.717) is 5.75 Å². The van der Waals surface area contributed by atoms with Crippen molar-refractivity contribution in [3.05, 3.63) is 29.3 Å². The molecule has 0 aliphatic rings. The van der Waals surface area contributed by atoms with Gasteiger partial charge in [0.1, 0.15) is 12.4 Å². The van der Waals surface area contributed by atoms with Gasteiger partial charge in [-0.25, -0.2) is 0 Å². The summed E-state index contributed by atoms with van der Waals surface area (Å²) in [6, 6.07) is 5.59. The first-order valence-corrected chi connectivity index (χ1v) is 5.01. The Morgan fingerprint density at radius 1 is 1.47 bits per heavy atom. The summed E-state index contributed by atoms with van der Waals surface area (Å²) in [4.78, 5) is 10.4. The lowest BCUT2D eigenvalue weighted by atomic mass is 10.1. The fourth-order valence-electron chi connectivity index (χ4n) is 1.04. The van der Waals surface area contributed by atoms with Gasteiger partial charge in [-0.1, -0.05) is 6.07 Å². The van der Waals surface area contributed by atoms with Crippen LogP contribution in [0.1, 0.15) is 11.1 Å². The maximum Gasteiger partial charge on any atom is 0.325 e. The van der Waals surface area contributed by atoms with Crippen molar-refractivity contribution in [2.75, 3.05) is 6.61 Å². The van der Waals surface area contributed by atoms with Gasteiger partial charge in [0.05, 0.1) is 0 Å². The largest absolute Gasteiger partial charge is 0.491 e. The third kappa shape index (κ3) is 3.44. The molecule has 1 rings (SSSR count). The van der Waals surface area contributed by atoms with Gasteiger partial charge >= 0.3 is 5.97 Å². The summed E-state index contributed by atoms with van der Waals surface area (Å²) >= 11 is 5.51. The predicted octanol–water partition coefficient (Wildman–Crippen LogP) is 2.37. The Hall–Kier alpha value is -1.22. The number of halogens is 1. The first-order chi connectivity index (χ1) is 7.00. The molecule has 4 heteroatoms. The van der Waals surface area contributed by atoms with Crippen molar-refractivity contribution in [2.45, 2.75) is 19.2 Å². The molecular weight excluding hydrogens is 216 g/mol. The van der Waals surface area contributed by atoms with Crippen LogP contribution in [0.15, 0.2) is 18.2 Å². The SMILES string of the molecule is Cc1ccc(OCC(Cl)C(=O)O)cc1C. The Labute approximate surface area is 93.6 Å². The first kappa shape index (κ1) is 11.9. The van der Waals surface area contributed by atoms with E-state index in [0.717, 1.165) is 5.56 Å². The van der Waals surface area contributed by atoms with Crippen LogP contribution in [-0.4, -0.2) is 23.1 Å². The molecule has 0 heterocycles. The highest BCUT2D eigenvalue weighted by Gasteiger charge is 2.14. The van der Waals surface area contributed by atoms with E-state index in [4.69, 9.17) is 21.4 Å². The molecule has 1 N–H and O–H groups in total. The van der Waals surface area contributed by atoms with Crippen molar-refractivity contribution in [1.82, 2.24) is 0 Å². The van der Waals surface area contributed by atoms with Gasteiger partial charge < -0.3 is 9.84 Å². The lowest BCUT2D eigenvalue weighted by Crippen LogP contribution is -2.21. The van der Waals surface area contributed by atoms with Crippen LogP contribution >= 0.6 is 11.6 Å². The molecule has 1 aromatic carbocycles. The van der Waals surface area contributed by atoms with Gasteiger partial charge in [0.15, 0.2) is 5.38 Å². The number of hydrogen-bond acceptors (Lipinski definition) is 2. The smallest absolute Gasteiger partial charge is 0.325 e. The molecule has 0 bridgehead atoms. The highest BCUT2D eigenvalue weighted by atomic mass is 35.5. The molecule has 0 saturated heterocycles. The van der Waals surface area contributed by atoms with Crippen molar-refractivity contribution in [3.63, 3.8) is 0 Å². The lowest BCUT2D eigenvalue weighted by molar-refractivity contribution is -0.137. The van der Waals surface area contributed by atoms with E-state index in [1.165, 1.54) is 5.56 Å². The van der Waals surface area contributed by atoms with Crippen LogP contribution in [0.2, 0.25) is 0 Å². The van der Waals surface area contributed by atoms with Crippen LogP contribution < -0.4 is 4.74 Å². The molecule has 1 unspecified atom stereocenters. The van der Waals surface area contributed by atoms with Crippen LogP contribution in [-0.2, 0) is 4.79 Å². The standard InChI is InChI=1S/C11H13ClO3/c1-7-3-4-9(5-8(7)2)15-6-10(12)11(13)14/h3-5,10H,6H2,1-2H3,(H,13,14). The number of benzene rings is 1. The number of hydrogen-bond donors (Lipinski definition) is 1. The molecule has 1 atom stereocenters. The normalized spacial score (nSPS) is 12.2. The summed E-state index contributed by atoms with van der Waals surface area (Å²) in [5, 5.41) is 7.54. The maximum atomic E-state index is 10.4. The molecule has 0 fully saturated rings. The molecule has 0 saturated carbocycles. The fourth-order valence-corrected chi connectivity index (χ4v) is 1.11. The number of rotatable bonds is 4. The summed E-state index contributed by atoms with van der Waals surface area (Å²) < 4.78 is 5.25. The summed E-state index contributed by atoms with van der Waals surface area (Å²) in [6.07, 6.45) is 0. The molecule has 3 nitrogen and oxygen atoms in total. The second kappa shape index (κ2) is 5.03. The Balaban J connectivity index is 2.58. The number of aryl methyl sites for hydroxylation is 2. The lowest BCUT2D eigenvalue weighted by Gasteiger charge is -2.09. The van der Waals surface area contributed by atoms with Gasteiger partial charge in [-0.3, -0.25) is 4.79 Å². The minimum atomic E-state index is -1.07. The number of alkyl halides is 1. The first-order valence-electron chi connectivity index (χ1n) is 4.57. The monoisotopic (exact) mass is 228 g/mol. The van der Waals surface area contributed by atoms with Crippen molar-refractivity contribution in [1.29, 1.82) is 0 Å². The number of aliphatic carboxylic acids is 1.